The second-order valence-corrected chi connectivity index (χ2v) is 11.8. The van der Waals surface area contributed by atoms with E-state index in [9.17, 15) is 31.5 Å². The van der Waals surface area contributed by atoms with Crippen molar-refractivity contribution in [1.29, 1.82) is 0 Å². The quantitative estimate of drug-likeness (QED) is 0.534. The van der Waals surface area contributed by atoms with Gasteiger partial charge in [0.25, 0.3) is 5.91 Å². The minimum atomic E-state index is -4.65. The Morgan fingerprint density at radius 3 is 2.34 bits per heavy atom. The minimum absolute atomic E-state index is 0.0536. The van der Waals surface area contributed by atoms with E-state index in [-0.39, 0.29) is 41.3 Å². The molecule has 0 unspecified atom stereocenters. The predicted molar refractivity (Wildman–Crippen MR) is 125 cm³/mol. The van der Waals surface area contributed by atoms with E-state index in [1.807, 2.05) is 0 Å². The minimum Gasteiger partial charge on any atom is -0.507 e. The lowest BCUT2D eigenvalue weighted by Crippen LogP contribution is -2.47. The summed E-state index contributed by atoms with van der Waals surface area (Å²) in [6, 6.07) is 12.0. The van der Waals surface area contributed by atoms with Crippen LogP contribution >= 0.6 is 0 Å². The highest BCUT2D eigenvalue weighted by Gasteiger charge is 2.45. The molecule has 2 heterocycles. The monoisotopic (exact) mass is 506 g/mol. The second kappa shape index (κ2) is 8.82. The first kappa shape index (κ1) is 25.0. The number of rotatable bonds is 4. The van der Waals surface area contributed by atoms with Gasteiger partial charge in [-0.15, -0.1) is 0 Å². The molecular weight excluding hydrogens is 481 g/mol. The van der Waals surface area contributed by atoms with Crippen molar-refractivity contribution in [1.82, 2.24) is 9.88 Å². The van der Waals surface area contributed by atoms with E-state index in [2.05, 4.69) is 4.98 Å². The maximum Gasteiger partial charge on any atom is 0.416 e. The summed E-state index contributed by atoms with van der Waals surface area (Å²) in [6.07, 6.45) is -3.93. The van der Waals surface area contributed by atoms with E-state index in [1.165, 1.54) is 26.0 Å². The van der Waals surface area contributed by atoms with E-state index >= 15 is 0 Å². The zero-order valence-electron chi connectivity index (χ0n) is 19.2. The number of carbonyl (C=O) groups is 1. The lowest BCUT2D eigenvalue weighted by atomic mass is 9.85. The fraction of sp³-hybridized carbons (Fsp3) is 0.360. The van der Waals surface area contributed by atoms with E-state index < -0.39 is 26.3 Å². The third-order valence-electron chi connectivity index (χ3n) is 6.84. The van der Waals surface area contributed by atoms with Crippen LogP contribution in [-0.2, 0) is 16.0 Å². The number of nitrogens with zero attached hydrogens (tertiary/aromatic N) is 2. The zero-order valence-corrected chi connectivity index (χ0v) is 20.0. The van der Waals surface area contributed by atoms with Crippen molar-refractivity contribution in [2.75, 3.05) is 13.1 Å². The molecule has 1 amide bonds. The molecule has 35 heavy (non-hydrogen) atoms. The van der Waals surface area contributed by atoms with Crippen LogP contribution < -0.4 is 0 Å². The molecule has 1 N–H and O–H groups in total. The van der Waals surface area contributed by atoms with E-state index in [0.717, 1.165) is 12.1 Å². The van der Waals surface area contributed by atoms with Crippen molar-refractivity contribution in [2.24, 2.45) is 5.92 Å². The summed E-state index contributed by atoms with van der Waals surface area (Å²) in [4.78, 5) is 18.6. The smallest absolute Gasteiger partial charge is 0.416 e. The Morgan fingerprint density at radius 2 is 1.69 bits per heavy atom. The highest BCUT2D eigenvalue weighted by molar-refractivity contribution is 7.92. The average Bonchev–Trinajstić information content (AvgIpc) is 2.83. The van der Waals surface area contributed by atoms with Gasteiger partial charge in [0.15, 0.2) is 9.84 Å². The van der Waals surface area contributed by atoms with Crippen molar-refractivity contribution in [3.63, 3.8) is 0 Å². The number of carbonyl (C=O) groups excluding carboxylic acids is 1. The van der Waals surface area contributed by atoms with Gasteiger partial charge in [-0.05, 0) is 62.9 Å². The van der Waals surface area contributed by atoms with E-state index in [4.69, 9.17) is 0 Å². The van der Waals surface area contributed by atoms with Crippen LogP contribution in [0.2, 0.25) is 0 Å². The molecule has 2 aromatic carbocycles. The van der Waals surface area contributed by atoms with Gasteiger partial charge in [-0.25, -0.2) is 13.4 Å². The van der Waals surface area contributed by atoms with Crippen LogP contribution in [0.4, 0.5) is 13.2 Å². The van der Waals surface area contributed by atoms with Gasteiger partial charge in [0.05, 0.1) is 20.7 Å². The van der Waals surface area contributed by atoms with Crippen molar-refractivity contribution < 1.29 is 31.5 Å². The Kier molecular flexibility index (Phi) is 6.29. The molecule has 1 fully saturated rings. The zero-order chi connectivity index (χ0) is 25.6. The fourth-order valence-electron chi connectivity index (χ4n) is 4.57. The Hall–Kier alpha value is -3.14. The van der Waals surface area contributed by atoms with Crippen LogP contribution in [0.5, 0.6) is 5.75 Å². The SMILES string of the molecule is CC(C)(C1CCN(C(=O)c2cc(O)c3ccccc3n2)CC1)S(=O)(=O)c1cccc(C(F)(F)F)c1. The van der Waals surface area contributed by atoms with Gasteiger partial charge < -0.3 is 10.0 Å². The summed E-state index contributed by atoms with van der Waals surface area (Å²) in [7, 11) is -4.09. The van der Waals surface area contributed by atoms with Crippen LogP contribution in [0.15, 0.2) is 59.5 Å². The molecule has 1 aliphatic heterocycles. The summed E-state index contributed by atoms with van der Waals surface area (Å²) in [5.74, 6) is -0.797. The molecule has 0 bridgehead atoms. The molecule has 10 heteroatoms. The Bertz CT molecular complexity index is 1380. The topological polar surface area (TPSA) is 87.6 Å². The summed E-state index contributed by atoms with van der Waals surface area (Å²) >= 11 is 0. The number of benzene rings is 2. The lowest BCUT2D eigenvalue weighted by Gasteiger charge is -2.40. The number of hydrogen-bond acceptors (Lipinski definition) is 5. The summed E-state index contributed by atoms with van der Waals surface area (Å²) in [6.45, 7) is 3.57. The second-order valence-electron chi connectivity index (χ2n) is 9.24. The summed E-state index contributed by atoms with van der Waals surface area (Å²) < 4.78 is 64.7. The molecule has 3 aromatic rings. The van der Waals surface area contributed by atoms with Crippen LogP contribution in [0, 0.1) is 5.92 Å². The third-order valence-corrected chi connectivity index (χ3v) is 9.44. The van der Waals surface area contributed by atoms with E-state index in [1.54, 1.807) is 29.2 Å². The maximum atomic E-state index is 13.3. The number of likely N-dealkylation sites (tertiary alicyclic amines) is 1. The molecule has 6 nitrogen and oxygen atoms in total. The number of fused-ring (bicyclic) bond motifs is 1. The van der Waals surface area contributed by atoms with Crippen molar-refractivity contribution in [3.8, 4) is 5.75 Å². The largest absolute Gasteiger partial charge is 0.507 e. The molecule has 0 aliphatic carbocycles. The number of para-hydroxylation sites is 1. The summed E-state index contributed by atoms with van der Waals surface area (Å²) in [5.41, 5.74) is -0.435. The molecule has 0 spiro atoms. The van der Waals surface area contributed by atoms with Crippen molar-refractivity contribution >= 4 is 26.6 Å². The number of sulfone groups is 1. The summed E-state index contributed by atoms with van der Waals surface area (Å²) in [5, 5.41) is 10.8. The fourth-order valence-corrected chi connectivity index (χ4v) is 6.39. The standard InChI is InChI=1S/C25H25F3N2O4S/c1-24(2,35(33,34)18-7-5-6-17(14-18)25(26,27)28)16-10-12-30(13-11-16)23(32)21-15-22(31)19-8-3-4-9-20(19)29-21/h3-9,14-16H,10-13H2,1-2H3,(H,29,31). The van der Waals surface area contributed by atoms with Crippen molar-refractivity contribution in [2.45, 2.75) is 42.5 Å². The average molecular weight is 507 g/mol. The Balaban J connectivity index is 1.51. The molecule has 1 aliphatic rings. The molecule has 0 radical (unpaired) electrons. The number of piperidine rings is 1. The number of halogens is 3. The first-order valence-corrected chi connectivity index (χ1v) is 12.6. The molecule has 0 saturated carbocycles. The highest BCUT2D eigenvalue weighted by Crippen LogP contribution is 2.39. The van der Waals surface area contributed by atoms with Gasteiger partial charge in [0.1, 0.15) is 11.4 Å². The van der Waals surface area contributed by atoms with Gasteiger partial charge in [-0.1, -0.05) is 18.2 Å². The number of aromatic nitrogens is 1. The molecule has 1 saturated heterocycles. The van der Waals surface area contributed by atoms with Gasteiger partial charge >= 0.3 is 6.18 Å². The molecular formula is C25H25F3N2O4S. The van der Waals surface area contributed by atoms with Crippen molar-refractivity contribution in [3.05, 3.63) is 65.9 Å². The number of alkyl halides is 3. The number of aromatic hydroxyl groups is 1. The Labute approximate surface area is 201 Å². The van der Waals surface area contributed by atoms with Gasteiger partial charge in [0, 0.05) is 24.5 Å². The molecule has 0 atom stereocenters. The van der Waals surface area contributed by atoms with Crippen LogP contribution in [0.25, 0.3) is 10.9 Å². The number of amides is 1. The number of pyridine rings is 1. The third kappa shape index (κ3) is 4.59. The first-order chi connectivity index (χ1) is 16.3. The van der Waals surface area contributed by atoms with Crippen LogP contribution in [0.1, 0.15) is 42.7 Å². The molecule has 4 rings (SSSR count). The van der Waals surface area contributed by atoms with Gasteiger partial charge in [-0.3, -0.25) is 4.79 Å². The van der Waals surface area contributed by atoms with Crippen LogP contribution in [-0.4, -0.2) is 47.2 Å². The van der Waals surface area contributed by atoms with Gasteiger partial charge in [0.2, 0.25) is 0 Å². The van der Waals surface area contributed by atoms with E-state index in [0.29, 0.717) is 29.8 Å². The van der Waals surface area contributed by atoms with Crippen LogP contribution in [0.3, 0.4) is 0 Å². The Morgan fingerprint density at radius 1 is 1.03 bits per heavy atom. The first-order valence-electron chi connectivity index (χ1n) is 11.1. The maximum absolute atomic E-state index is 13.3. The lowest BCUT2D eigenvalue weighted by molar-refractivity contribution is -0.137. The highest BCUT2D eigenvalue weighted by atomic mass is 32.2. The molecule has 1 aromatic heterocycles. The normalized spacial score (nSPS) is 16.0. The van der Waals surface area contributed by atoms with Gasteiger partial charge in [-0.2, -0.15) is 13.2 Å². The number of hydrogen-bond donors (Lipinski definition) is 1. The molecule has 186 valence electrons. The predicted octanol–water partition coefficient (Wildman–Crippen LogP) is 5.06.